The molecule has 0 amide bonds. The molecule has 0 saturated carbocycles. The number of hydrogen-bond donors (Lipinski definition) is 1. The highest BCUT2D eigenvalue weighted by atomic mass is 32.2. The molecule has 2 rings (SSSR count). The predicted molar refractivity (Wildman–Crippen MR) is 81.8 cm³/mol. The number of benzene rings is 2. The van der Waals surface area contributed by atoms with E-state index in [-0.39, 0.29) is 6.54 Å². The van der Waals surface area contributed by atoms with Crippen LogP contribution in [-0.4, -0.2) is 15.7 Å². The van der Waals surface area contributed by atoms with Gasteiger partial charge in [-0.2, -0.15) is 0 Å². The van der Waals surface area contributed by atoms with Gasteiger partial charge in [-0.05, 0) is 24.6 Å². The molecule has 0 aliphatic heterocycles. The smallest absolute Gasteiger partial charge is 0.224 e. The van der Waals surface area contributed by atoms with Crippen molar-refractivity contribution >= 4 is 11.0 Å². The Morgan fingerprint density at radius 2 is 1.76 bits per heavy atom. The van der Waals surface area contributed by atoms with Crippen molar-refractivity contribution in [2.45, 2.75) is 17.9 Å². The average molecular weight is 304 g/mol. The summed E-state index contributed by atoms with van der Waals surface area (Å²) in [7, 11) is -1.49. The van der Waals surface area contributed by atoms with Gasteiger partial charge in [0.1, 0.15) is 17.0 Å². The van der Waals surface area contributed by atoms with E-state index in [4.69, 9.17) is 0 Å². The molecule has 0 heterocycles. The van der Waals surface area contributed by atoms with E-state index in [1.54, 1.807) is 36.4 Å². The SMILES string of the molecule is Cc1ccc([S@](=O)N[C@@H](C[N+](=O)[O-])c2ccccc2)cc1. The zero-order valence-corrected chi connectivity index (χ0v) is 12.4. The van der Waals surface area contributed by atoms with Crippen molar-refractivity contribution in [1.82, 2.24) is 4.72 Å². The maximum absolute atomic E-state index is 12.3. The van der Waals surface area contributed by atoms with Crippen LogP contribution in [0, 0.1) is 17.0 Å². The molecule has 0 aliphatic carbocycles. The van der Waals surface area contributed by atoms with Crippen LogP contribution >= 0.6 is 0 Å². The van der Waals surface area contributed by atoms with Crippen LogP contribution < -0.4 is 4.72 Å². The van der Waals surface area contributed by atoms with Crippen molar-refractivity contribution in [2.75, 3.05) is 6.54 Å². The van der Waals surface area contributed by atoms with E-state index in [9.17, 15) is 14.3 Å². The summed E-state index contributed by atoms with van der Waals surface area (Å²) in [6.07, 6.45) is 0. The van der Waals surface area contributed by atoms with E-state index in [1.165, 1.54) is 0 Å². The molecule has 110 valence electrons. The zero-order chi connectivity index (χ0) is 15.2. The summed E-state index contributed by atoms with van der Waals surface area (Å²) in [4.78, 5) is 11.0. The van der Waals surface area contributed by atoms with Gasteiger partial charge in [0.25, 0.3) is 0 Å². The van der Waals surface area contributed by atoms with Crippen LogP contribution in [0.1, 0.15) is 17.2 Å². The quantitative estimate of drug-likeness (QED) is 0.658. The number of nitrogens with zero attached hydrogens (tertiary/aromatic N) is 1. The highest BCUT2D eigenvalue weighted by Crippen LogP contribution is 2.16. The fourth-order valence-electron chi connectivity index (χ4n) is 1.90. The number of nitrogens with one attached hydrogen (secondary N) is 1. The lowest BCUT2D eigenvalue weighted by molar-refractivity contribution is -0.483. The van der Waals surface area contributed by atoms with Crippen LogP contribution in [0.15, 0.2) is 59.5 Å². The van der Waals surface area contributed by atoms with Crippen LogP contribution in [0.5, 0.6) is 0 Å². The molecule has 2 aromatic carbocycles. The first-order chi connectivity index (χ1) is 10.1. The lowest BCUT2D eigenvalue weighted by atomic mass is 10.1. The standard InChI is InChI=1S/C15H16N2O3S/c1-12-7-9-14(10-8-12)21(20)16-15(11-17(18)19)13-5-3-2-4-6-13/h2-10,15-16H,11H2,1H3/t15-,21-/m0/s1. The minimum Gasteiger partial charge on any atom is -0.264 e. The minimum atomic E-state index is -1.49. The topological polar surface area (TPSA) is 72.2 Å². The lowest BCUT2D eigenvalue weighted by Gasteiger charge is -2.14. The van der Waals surface area contributed by atoms with Crippen LogP contribution in [0.3, 0.4) is 0 Å². The van der Waals surface area contributed by atoms with Crippen LogP contribution in [0.25, 0.3) is 0 Å². The molecule has 5 nitrogen and oxygen atoms in total. The number of nitro groups is 1. The number of aryl methyl sites for hydroxylation is 1. The van der Waals surface area contributed by atoms with Gasteiger partial charge in [-0.1, -0.05) is 48.0 Å². The van der Waals surface area contributed by atoms with Crippen LogP contribution in [0.4, 0.5) is 0 Å². The van der Waals surface area contributed by atoms with Crippen LogP contribution in [-0.2, 0) is 11.0 Å². The third-order valence-electron chi connectivity index (χ3n) is 3.02. The molecule has 0 radical (unpaired) electrons. The summed E-state index contributed by atoms with van der Waals surface area (Å²) < 4.78 is 15.1. The highest BCUT2D eigenvalue weighted by Gasteiger charge is 2.20. The molecule has 0 unspecified atom stereocenters. The van der Waals surface area contributed by atoms with Gasteiger partial charge in [0.05, 0.1) is 4.90 Å². The van der Waals surface area contributed by atoms with Crippen molar-refractivity contribution in [2.24, 2.45) is 0 Å². The van der Waals surface area contributed by atoms with Gasteiger partial charge in [0, 0.05) is 4.92 Å². The first kappa shape index (κ1) is 15.3. The summed E-state index contributed by atoms with van der Waals surface area (Å²) >= 11 is 0. The molecule has 21 heavy (non-hydrogen) atoms. The van der Waals surface area contributed by atoms with Crippen molar-refractivity contribution in [3.63, 3.8) is 0 Å². The van der Waals surface area contributed by atoms with Gasteiger partial charge in [-0.3, -0.25) is 10.1 Å². The van der Waals surface area contributed by atoms with E-state index >= 15 is 0 Å². The Bertz CT molecular complexity index is 629. The van der Waals surface area contributed by atoms with Crippen molar-refractivity contribution in [1.29, 1.82) is 0 Å². The first-order valence-corrected chi connectivity index (χ1v) is 7.62. The molecule has 0 fully saturated rings. The number of hydrogen-bond acceptors (Lipinski definition) is 3. The maximum atomic E-state index is 12.3. The van der Waals surface area contributed by atoms with E-state index in [0.717, 1.165) is 11.1 Å². The second kappa shape index (κ2) is 7.10. The van der Waals surface area contributed by atoms with E-state index < -0.39 is 22.0 Å². The van der Waals surface area contributed by atoms with Gasteiger partial charge in [0.2, 0.25) is 6.54 Å². The maximum Gasteiger partial charge on any atom is 0.224 e. The Balaban J connectivity index is 2.17. The zero-order valence-electron chi connectivity index (χ0n) is 11.6. The second-order valence-electron chi connectivity index (χ2n) is 4.68. The second-order valence-corrected chi connectivity index (χ2v) is 5.92. The Morgan fingerprint density at radius 1 is 1.14 bits per heavy atom. The molecule has 1 N–H and O–H groups in total. The predicted octanol–water partition coefficient (Wildman–Crippen LogP) is 2.63. The van der Waals surface area contributed by atoms with E-state index in [0.29, 0.717) is 4.90 Å². The largest absolute Gasteiger partial charge is 0.264 e. The van der Waals surface area contributed by atoms with Gasteiger partial charge in [-0.15, -0.1) is 0 Å². The summed E-state index contributed by atoms with van der Waals surface area (Å²) in [5, 5.41) is 10.8. The number of rotatable bonds is 6. The molecule has 2 aromatic rings. The summed E-state index contributed by atoms with van der Waals surface area (Å²) in [5.74, 6) is 0. The molecule has 0 saturated heterocycles. The molecule has 0 aliphatic rings. The summed E-state index contributed by atoms with van der Waals surface area (Å²) in [6.45, 7) is 1.63. The molecule has 2 atom stereocenters. The fraction of sp³-hybridized carbons (Fsp3) is 0.200. The summed E-state index contributed by atoms with van der Waals surface area (Å²) in [5.41, 5.74) is 1.82. The van der Waals surface area contributed by atoms with Gasteiger partial charge < -0.3 is 0 Å². The van der Waals surface area contributed by atoms with Gasteiger partial charge in [-0.25, -0.2) is 8.93 Å². The molecule has 0 bridgehead atoms. The highest BCUT2D eigenvalue weighted by molar-refractivity contribution is 7.83. The Labute approximate surface area is 125 Å². The van der Waals surface area contributed by atoms with E-state index in [1.807, 2.05) is 25.1 Å². The molecule has 6 heteroatoms. The normalized spacial score (nSPS) is 13.6. The Morgan fingerprint density at radius 3 is 2.33 bits per heavy atom. The Hall–Kier alpha value is -2.05. The molecule has 0 spiro atoms. The molecular formula is C15H16N2O3S. The van der Waals surface area contributed by atoms with Crippen molar-refractivity contribution in [3.8, 4) is 0 Å². The van der Waals surface area contributed by atoms with Crippen molar-refractivity contribution < 1.29 is 9.13 Å². The Kier molecular flexibility index (Phi) is 5.19. The van der Waals surface area contributed by atoms with Crippen molar-refractivity contribution in [3.05, 3.63) is 75.8 Å². The van der Waals surface area contributed by atoms with Crippen LogP contribution in [0.2, 0.25) is 0 Å². The monoisotopic (exact) mass is 304 g/mol. The van der Waals surface area contributed by atoms with E-state index in [2.05, 4.69) is 4.72 Å². The first-order valence-electron chi connectivity index (χ1n) is 6.47. The third-order valence-corrected chi connectivity index (χ3v) is 4.22. The van der Waals surface area contributed by atoms with Gasteiger partial charge >= 0.3 is 0 Å². The third kappa shape index (κ3) is 4.47. The fourth-order valence-corrected chi connectivity index (χ4v) is 2.89. The lowest BCUT2D eigenvalue weighted by Crippen LogP contribution is -2.29. The molecular weight excluding hydrogens is 288 g/mol. The average Bonchev–Trinajstić information content (AvgIpc) is 2.47. The molecule has 0 aromatic heterocycles. The van der Waals surface area contributed by atoms with Gasteiger partial charge in [0.15, 0.2) is 0 Å². The minimum absolute atomic E-state index is 0.318. The summed E-state index contributed by atoms with van der Waals surface area (Å²) in [6, 6.07) is 15.7.